The predicted octanol–water partition coefficient (Wildman–Crippen LogP) is 2.85. The van der Waals surface area contributed by atoms with Crippen LogP contribution in [0.25, 0.3) is 0 Å². The van der Waals surface area contributed by atoms with Gasteiger partial charge in [0.25, 0.3) is 0 Å². The summed E-state index contributed by atoms with van der Waals surface area (Å²) >= 11 is 0. The lowest BCUT2D eigenvalue weighted by molar-refractivity contribution is -0.158. The molecule has 3 nitrogen and oxygen atoms in total. The molecular weight excluding hydrogens is 223 g/mol. The van der Waals surface area contributed by atoms with Crippen LogP contribution in [0.1, 0.15) is 26.3 Å². The van der Waals surface area contributed by atoms with Crippen LogP contribution in [0, 0.1) is 12.7 Å². The number of carbonyl (C=O) groups is 1. The Morgan fingerprint density at radius 1 is 1.41 bits per heavy atom. The molecule has 1 rings (SSSR count). The van der Waals surface area contributed by atoms with Crippen molar-refractivity contribution in [3.05, 3.63) is 29.6 Å². The number of esters is 1. The van der Waals surface area contributed by atoms with Crippen LogP contribution in [0.2, 0.25) is 0 Å². The van der Waals surface area contributed by atoms with Gasteiger partial charge in [-0.1, -0.05) is 6.07 Å². The summed E-state index contributed by atoms with van der Waals surface area (Å²) in [5.74, 6) is -0.948. The summed E-state index contributed by atoms with van der Waals surface area (Å²) in [6.45, 7) is 6.85. The summed E-state index contributed by atoms with van der Waals surface area (Å²) in [5.41, 5.74) is -0.407. The number of hydrogen-bond acceptors (Lipinski definition) is 3. The summed E-state index contributed by atoms with van der Waals surface area (Å²) in [6.07, 6.45) is 0. The predicted molar refractivity (Wildman–Crippen MR) is 62.5 cm³/mol. The maximum Gasteiger partial charge on any atom is 0.349 e. The molecule has 17 heavy (non-hydrogen) atoms. The lowest BCUT2D eigenvalue weighted by atomic mass is 10.1. The molecule has 0 aliphatic rings. The number of halogens is 1. The molecule has 0 amide bonds. The Balaban J connectivity index is 2.86. The Labute approximate surface area is 101 Å². The summed E-state index contributed by atoms with van der Waals surface area (Å²) in [4.78, 5) is 11.6. The molecule has 0 fully saturated rings. The second-order valence-corrected chi connectivity index (χ2v) is 4.27. The van der Waals surface area contributed by atoms with E-state index in [9.17, 15) is 9.18 Å². The normalized spacial score (nSPS) is 11.1. The number of carbonyl (C=O) groups excluding carboxylic acids is 1. The molecule has 0 atom stereocenters. The van der Waals surface area contributed by atoms with E-state index in [4.69, 9.17) is 9.47 Å². The fraction of sp³-hybridized carbons (Fsp3) is 0.462. The summed E-state index contributed by atoms with van der Waals surface area (Å²) < 4.78 is 23.8. The third-order valence-corrected chi connectivity index (χ3v) is 2.22. The first-order chi connectivity index (χ1) is 7.86. The molecule has 0 unspecified atom stereocenters. The van der Waals surface area contributed by atoms with Gasteiger partial charge in [-0.05, 0) is 45.4 Å². The van der Waals surface area contributed by atoms with E-state index in [1.165, 1.54) is 12.1 Å². The van der Waals surface area contributed by atoms with Gasteiger partial charge in [0.2, 0.25) is 0 Å². The fourth-order valence-electron chi connectivity index (χ4n) is 1.31. The molecule has 1 aromatic rings. The molecule has 4 heteroatoms. The van der Waals surface area contributed by atoms with Gasteiger partial charge in [0.1, 0.15) is 0 Å². The van der Waals surface area contributed by atoms with Gasteiger partial charge >= 0.3 is 5.97 Å². The van der Waals surface area contributed by atoms with Crippen LogP contribution in [0.15, 0.2) is 18.2 Å². The van der Waals surface area contributed by atoms with Crippen LogP contribution < -0.4 is 4.74 Å². The van der Waals surface area contributed by atoms with Crippen LogP contribution in [0.5, 0.6) is 5.75 Å². The molecule has 0 aliphatic heterocycles. The Bertz CT molecular complexity index is 413. The molecule has 0 aliphatic carbocycles. The third kappa shape index (κ3) is 3.44. The number of aryl methyl sites for hydroxylation is 1. The van der Waals surface area contributed by atoms with Crippen molar-refractivity contribution in [3.63, 3.8) is 0 Å². The summed E-state index contributed by atoms with van der Waals surface area (Å²) in [5, 5.41) is 0. The standard InChI is InChI=1S/C13H17FO3/c1-5-16-12(15)13(3,4)17-11-7-6-9(2)8-10(11)14/h6-8H,5H2,1-4H3. The molecule has 1 aromatic carbocycles. The largest absolute Gasteiger partial charge is 0.473 e. The quantitative estimate of drug-likeness (QED) is 0.759. The first-order valence-corrected chi connectivity index (χ1v) is 5.49. The van der Waals surface area contributed by atoms with Gasteiger partial charge in [-0.2, -0.15) is 0 Å². The zero-order valence-electron chi connectivity index (χ0n) is 10.5. The second kappa shape index (κ2) is 5.17. The van der Waals surface area contributed by atoms with Crippen molar-refractivity contribution in [1.82, 2.24) is 0 Å². The number of ether oxygens (including phenoxy) is 2. The molecule has 0 radical (unpaired) electrons. The monoisotopic (exact) mass is 240 g/mol. The van der Waals surface area contributed by atoms with Crippen LogP contribution in [-0.4, -0.2) is 18.2 Å². The van der Waals surface area contributed by atoms with Crippen molar-refractivity contribution < 1.29 is 18.7 Å². The van der Waals surface area contributed by atoms with Gasteiger partial charge in [0, 0.05) is 0 Å². The van der Waals surface area contributed by atoms with Crippen molar-refractivity contribution in [3.8, 4) is 5.75 Å². The highest BCUT2D eigenvalue weighted by Crippen LogP contribution is 2.23. The van der Waals surface area contributed by atoms with E-state index in [2.05, 4.69) is 0 Å². The summed E-state index contributed by atoms with van der Waals surface area (Å²) in [6, 6.07) is 4.59. The number of rotatable bonds is 4. The molecule has 0 N–H and O–H groups in total. The van der Waals surface area contributed by atoms with Gasteiger partial charge in [-0.3, -0.25) is 0 Å². The average Bonchev–Trinajstić information content (AvgIpc) is 2.22. The molecule has 0 heterocycles. The van der Waals surface area contributed by atoms with E-state index < -0.39 is 17.4 Å². The van der Waals surface area contributed by atoms with Gasteiger partial charge in [0.05, 0.1) is 6.61 Å². The maximum absolute atomic E-state index is 13.6. The molecular formula is C13H17FO3. The van der Waals surface area contributed by atoms with Crippen molar-refractivity contribution in [2.75, 3.05) is 6.61 Å². The molecule has 0 saturated heterocycles. The minimum atomic E-state index is -1.20. The first-order valence-electron chi connectivity index (χ1n) is 5.49. The zero-order chi connectivity index (χ0) is 13.1. The Morgan fingerprint density at radius 2 is 2.06 bits per heavy atom. The molecule has 94 valence electrons. The van der Waals surface area contributed by atoms with Gasteiger partial charge in [-0.25, -0.2) is 9.18 Å². The lowest BCUT2D eigenvalue weighted by Gasteiger charge is -2.24. The summed E-state index contributed by atoms with van der Waals surface area (Å²) in [7, 11) is 0. The van der Waals surface area contributed by atoms with E-state index in [1.54, 1.807) is 33.8 Å². The van der Waals surface area contributed by atoms with Crippen molar-refractivity contribution in [2.24, 2.45) is 0 Å². The highest BCUT2D eigenvalue weighted by molar-refractivity contribution is 5.79. The Kier molecular flexibility index (Phi) is 4.10. The van der Waals surface area contributed by atoms with Gasteiger partial charge in [0.15, 0.2) is 17.2 Å². The van der Waals surface area contributed by atoms with Crippen LogP contribution in [-0.2, 0) is 9.53 Å². The SMILES string of the molecule is CCOC(=O)C(C)(C)Oc1ccc(C)cc1F. The molecule has 0 spiro atoms. The van der Waals surface area contributed by atoms with Crippen LogP contribution in [0.4, 0.5) is 4.39 Å². The van der Waals surface area contributed by atoms with Gasteiger partial charge < -0.3 is 9.47 Å². The Hall–Kier alpha value is -1.58. The fourth-order valence-corrected chi connectivity index (χ4v) is 1.31. The Morgan fingerprint density at radius 3 is 2.59 bits per heavy atom. The van der Waals surface area contributed by atoms with E-state index in [0.29, 0.717) is 0 Å². The minimum Gasteiger partial charge on any atom is -0.473 e. The van der Waals surface area contributed by atoms with Crippen LogP contribution in [0.3, 0.4) is 0 Å². The molecule has 0 saturated carbocycles. The topological polar surface area (TPSA) is 35.5 Å². The zero-order valence-corrected chi connectivity index (χ0v) is 10.5. The first kappa shape index (κ1) is 13.5. The van der Waals surface area contributed by atoms with Crippen LogP contribution >= 0.6 is 0 Å². The maximum atomic E-state index is 13.6. The number of benzene rings is 1. The van der Waals surface area contributed by atoms with E-state index in [-0.39, 0.29) is 12.4 Å². The van der Waals surface area contributed by atoms with Gasteiger partial charge in [-0.15, -0.1) is 0 Å². The lowest BCUT2D eigenvalue weighted by Crippen LogP contribution is -2.40. The van der Waals surface area contributed by atoms with Crippen molar-refractivity contribution in [2.45, 2.75) is 33.3 Å². The van der Waals surface area contributed by atoms with E-state index in [0.717, 1.165) is 5.56 Å². The molecule has 0 aromatic heterocycles. The number of hydrogen-bond donors (Lipinski definition) is 0. The second-order valence-electron chi connectivity index (χ2n) is 4.27. The van der Waals surface area contributed by atoms with E-state index in [1.807, 2.05) is 0 Å². The highest BCUT2D eigenvalue weighted by Gasteiger charge is 2.32. The molecule has 0 bridgehead atoms. The highest BCUT2D eigenvalue weighted by atomic mass is 19.1. The van der Waals surface area contributed by atoms with Crippen molar-refractivity contribution >= 4 is 5.97 Å². The smallest absolute Gasteiger partial charge is 0.349 e. The third-order valence-electron chi connectivity index (χ3n) is 2.22. The average molecular weight is 240 g/mol. The van der Waals surface area contributed by atoms with E-state index >= 15 is 0 Å². The van der Waals surface area contributed by atoms with Crippen molar-refractivity contribution in [1.29, 1.82) is 0 Å². The minimum absolute atomic E-state index is 0.0497.